The minimum Gasteiger partial charge on any atom is -0.493 e. The molecule has 2 N–H and O–H groups in total. The lowest BCUT2D eigenvalue weighted by Gasteiger charge is -2.53. The van der Waals surface area contributed by atoms with Crippen LogP contribution in [0.5, 0.6) is 11.5 Å². The van der Waals surface area contributed by atoms with Crippen LogP contribution >= 0.6 is 0 Å². The number of ether oxygens (including phenoxy) is 2. The summed E-state index contributed by atoms with van der Waals surface area (Å²) in [5.74, 6) is 0.710. The van der Waals surface area contributed by atoms with Crippen molar-refractivity contribution in [3.8, 4) is 17.6 Å². The van der Waals surface area contributed by atoms with Crippen molar-refractivity contribution in [2.75, 3.05) is 24.8 Å². The van der Waals surface area contributed by atoms with Gasteiger partial charge in [-0.2, -0.15) is 19.0 Å². The molecule has 0 saturated carbocycles. The first-order valence-electron chi connectivity index (χ1n) is 10.6. The Morgan fingerprint density at radius 1 is 1.18 bits per heavy atom. The van der Waals surface area contributed by atoms with Gasteiger partial charge >= 0.3 is 6.61 Å². The highest BCUT2D eigenvalue weighted by molar-refractivity contribution is 5.62. The van der Waals surface area contributed by atoms with E-state index in [4.69, 9.17) is 4.74 Å². The highest BCUT2D eigenvalue weighted by atomic mass is 19.3. The Morgan fingerprint density at radius 3 is 2.42 bits per heavy atom. The minimum absolute atomic E-state index is 0.0372. The second-order valence-corrected chi connectivity index (χ2v) is 9.37. The smallest absolute Gasteiger partial charge is 0.387 e. The summed E-state index contributed by atoms with van der Waals surface area (Å²) in [6, 6.07) is 6.75. The van der Waals surface area contributed by atoms with Gasteiger partial charge < -0.3 is 20.1 Å². The SMILES string of the molecule is COc1ccc(Nc2ncc(C#N)c(NC3CC(C)(C)N(C)C(C)(C)C3)n2)cc1OC(F)F. The number of halogens is 2. The van der Waals surface area contributed by atoms with E-state index >= 15 is 0 Å². The summed E-state index contributed by atoms with van der Waals surface area (Å²) in [5, 5.41) is 16.0. The van der Waals surface area contributed by atoms with Crippen LogP contribution in [0.1, 0.15) is 46.1 Å². The minimum atomic E-state index is -2.99. The number of nitrogens with one attached hydrogen (secondary N) is 2. The Kier molecular flexibility index (Phi) is 6.93. The number of alkyl halides is 2. The van der Waals surface area contributed by atoms with Gasteiger partial charge in [0.2, 0.25) is 5.95 Å². The van der Waals surface area contributed by atoms with Gasteiger partial charge in [0.1, 0.15) is 17.5 Å². The number of anilines is 3. The van der Waals surface area contributed by atoms with E-state index < -0.39 is 6.61 Å². The molecule has 178 valence electrons. The second-order valence-electron chi connectivity index (χ2n) is 9.37. The number of nitriles is 1. The number of piperidine rings is 1. The molecule has 0 radical (unpaired) electrons. The molecule has 2 heterocycles. The summed E-state index contributed by atoms with van der Waals surface area (Å²) < 4.78 is 35.0. The standard InChI is InChI=1S/C23H30F2N6O2/c1-22(2)10-16(11-23(3,4)31(22)5)28-19-14(12-26)13-27-21(30-19)29-15-7-8-17(32-6)18(9-15)33-20(24)25/h7-9,13,16,20H,10-11H2,1-6H3,(H2,27,28,29,30). The fraction of sp³-hybridized carbons (Fsp3) is 0.522. The molecule has 10 heteroatoms. The average molecular weight is 461 g/mol. The molecule has 0 spiro atoms. The van der Waals surface area contributed by atoms with Crippen molar-refractivity contribution in [1.82, 2.24) is 14.9 Å². The summed E-state index contributed by atoms with van der Waals surface area (Å²) in [5.41, 5.74) is 0.685. The Bertz CT molecular complexity index is 1020. The summed E-state index contributed by atoms with van der Waals surface area (Å²) in [6.07, 6.45) is 3.18. The lowest BCUT2D eigenvalue weighted by atomic mass is 9.77. The monoisotopic (exact) mass is 460 g/mol. The predicted octanol–water partition coefficient (Wildman–Crippen LogP) is 4.77. The number of aromatic nitrogens is 2. The van der Waals surface area contributed by atoms with Crippen molar-refractivity contribution >= 4 is 17.5 Å². The maximum Gasteiger partial charge on any atom is 0.387 e. The topological polar surface area (TPSA) is 95.3 Å². The van der Waals surface area contributed by atoms with E-state index in [-0.39, 0.29) is 34.6 Å². The number of rotatable bonds is 7. The van der Waals surface area contributed by atoms with Crippen molar-refractivity contribution in [2.45, 2.75) is 64.3 Å². The first kappa shape index (κ1) is 24.5. The molecule has 1 aromatic heterocycles. The van der Waals surface area contributed by atoms with Crippen LogP contribution in [-0.2, 0) is 0 Å². The summed E-state index contributed by atoms with van der Waals surface area (Å²) >= 11 is 0. The molecular formula is C23H30F2N6O2. The largest absolute Gasteiger partial charge is 0.493 e. The van der Waals surface area contributed by atoms with Gasteiger partial charge in [-0.1, -0.05) is 0 Å². The zero-order chi connectivity index (χ0) is 24.4. The van der Waals surface area contributed by atoms with Crippen LogP contribution in [0.15, 0.2) is 24.4 Å². The fourth-order valence-corrected chi connectivity index (χ4v) is 4.37. The molecule has 0 atom stereocenters. The van der Waals surface area contributed by atoms with Crippen LogP contribution < -0.4 is 20.1 Å². The summed E-state index contributed by atoms with van der Waals surface area (Å²) in [7, 11) is 3.50. The molecular weight excluding hydrogens is 430 g/mol. The summed E-state index contributed by atoms with van der Waals surface area (Å²) in [4.78, 5) is 11.1. The Labute approximate surface area is 192 Å². The molecule has 1 aliphatic rings. The third-order valence-corrected chi connectivity index (χ3v) is 6.19. The zero-order valence-electron chi connectivity index (χ0n) is 19.7. The van der Waals surface area contributed by atoms with Gasteiger partial charge in [-0.25, -0.2) is 4.98 Å². The van der Waals surface area contributed by atoms with Gasteiger partial charge in [-0.3, -0.25) is 4.90 Å². The Balaban J connectivity index is 1.84. The highest BCUT2D eigenvalue weighted by Gasteiger charge is 2.43. The van der Waals surface area contributed by atoms with Crippen molar-refractivity contribution < 1.29 is 18.3 Å². The molecule has 2 aromatic rings. The number of nitrogens with zero attached hydrogens (tertiary/aromatic N) is 4. The number of likely N-dealkylation sites (tertiary alicyclic amines) is 1. The lowest BCUT2D eigenvalue weighted by Crippen LogP contribution is -2.61. The summed E-state index contributed by atoms with van der Waals surface area (Å²) in [6.45, 7) is 5.80. The number of benzene rings is 1. The molecule has 1 aromatic carbocycles. The van der Waals surface area contributed by atoms with E-state index in [1.807, 2.05) is 0 Å². The van der Waals surface area contributed by atoms with Gasteiger partial charge in [0.05, 0.1) is 13.3 Å². The Morgan fingerprint density at radius 2 is 1.85 bits per heavy atom. The van der Waals surface area contributed by atoms with E-state index in [2.05, 4.69) is 71.1 Å². The maximum atomic E-state index is 12.7. The molecule has 0 aliphatic carbocycles. The fourth-order valence-electron chi connectivity index (χ4n) is 4.37. The third kappa shape index (κ3) is 5.60. The first-order valence-corrected chi connectivity index (χ1v) is 10.6. The third-order valence-electron chi connectivity index (χ3n) is 6.19. The van der Waals surface area contributed by atoms with E-state index in [9.17, 15) is 14.0 Å². The maximum absolute atomic E-state index is 12.7. The molecule has 1 fully saturated rings. The molecule has 0 amide bonds. The van der Waals surface area contributed by atoms with Crippen LogP contribution in [0, 0.1) is 11.3 Å². The van der Waals surface area contributed by atoms with Crippen LogP contribution in [0.2, 0.25) is 0 Å². The van der Waals surface area contributed by atoms with Gasteiger partial charge in [-0.15, -0.1) is 0 Å². The second kappa shape index (κ2) is 9.35. The number of methoxy groups -OCH3 is 1. The van der Waals surface area contributed by atoms with E-state index in [1.54, 1.807) is 6.07 Å². The van der Waals surface area contributed by atoms with Crippen LogP contribution in [0.4, 0.5) is 26.2 Å². The Hall–Kier alpha value is -3.19. The molecule has 1 saturated heterocycles. The average Bonchev–Trinajstić information content (AvgIpc) is 2.72. The van der Waals surface area contributed by atoms with Gasteiger partial charge in [0, 0.05) is 28.9 Å². The molecule has 1 aliphatic heterocycles. The molecule has 0 unspecified atom stereocenters. The van der Waals surface area contributed by atoms with Crippen molar-refractivity contribution in [3.05, 3.63) is 30.0 Å². The highest BCUT2D eigenvalue weighted by Crippen LogP contribution is 2.38. The van der Waals surface area contributed by atoms with Crippen molar-refractivity contribution in [2.24, 2.45) is 0 Å². The van der Waals surface area contributed by atoms with Gasteiger partial charge in [0.15, 0.2) is 11.5 Å². The number of hydrogen-bond donors (Lipinski definition) is 2. The van der Waals surface area contributed by atoms with E-state index in [1.165, 1.54) is 25.4 Å². The lowest BCUT2D eigenvalue weighted by molar-refractivity contribution is -0.0511. The van der Waals surface area contributed by atoms with Crippen LogP contribution in [0.25, 0.3) is 0 Å². The van der Waals surface area contributed by atoms with Crippen molar-refractivity contribution in [1.29, 1.82) is 5.26 Å². The van der Waals surface area contributed by atoms with Gasteiger partial charge in [-0.05, 0) is 59.7 Å². The van der Waals surface area contributed by atoms with Crippen molar-refractivity contribution in [3.63, 3.8) is 0 Å². The van der Waals surface area contributed by atoms with Crippen LogP contribution in [-0.4, -0.2) is 52.8 Å². The first-order chi connectivity index (χ1) is 15.4. The van der Waals surface area contributed by atoms with E-state index in [0.717, 1.165) is 12.8 Å². The van der Waals surface area contributed by atoms with Gasteiger partial charge in [0.25, 0.3) is 0 Å². The molecule has 0 bridgehead atoms. The molecule has 3 rings (SSSR count). The quantitative estimate of drug-likeness (QED) is 0.610. The molecule has 33 heavy (non-hydrogen) atoms. The van der Waals surface area contributed by atoms with Crippen LogP contribution in [0.3, 0.4) is 0 Å². The zero-order valence-corrected chi connectivity index (χ0v) is 19.7. The molecule has 8 nitrogen and oxygen atoms in total. The van der Waals surface area contributed by atoms with E-state index in [0.29, 0.717) is 17.1 Å². The number of hydrogen-bond acceptors (Lipinski definition) is 8. The normalized spacial score (nSPS) is 17.9. The predicted molar refractivity (Wildman–Crippen MR) is 122 cm³/mol.